The Balaban J connectivity index is 2.54. The maximum absolute atomic E-state index is 12.6. The van der Waals surface area contributed by atoms with E-state index in [0.717, 1.165) is 18.6 Å². The van der Waals surface area contributed by atoms with Gasteiger partial charge in [0.25, 0.3) is 0 Å². The van der Waals surface area contributed by atoms with E-state index in [2.05, 4.69) is 17.4 Å². The first-order valence-electron chi connectivity index (χ1n) is 9.01. The minimum Gasteiger partial charge on any atom is -0.444 e. The maximum Gasteiger partial charge on any atom is 0.410 e. The standard InChI is InChI=1S/C20H32N2O3S/c1-20(2,3)25-19(24)22(4)17(13-15-26-5)18(23)21-14-9-12-16-10-7-6-8-11-16/h6-8,10-11,17H,9,12-15H2,1-5H3,(H,21,23)/t17-/m1/s1. The molecule has 1 aromatic carbocycles. The zero-order valence-electron chi connectivity index (χ0n) is 16.6. The molecule has 1 rings (SSSR count). The predicted octanol–water partition coefficient (Wildman–Crippen LogP) is 3.72. The fourth-order valence-electron chi connectivity index (χ4n) is 2.46. The molecule has 0 bridgehead atoms. The lowest BCUT2D eigenvalue weighted by Gasteiger charge is -2.30. The molecule has 0 radical (unpaired) electrons. The van der Waals surface area contributed by atoms with Crippen LogP contribution in [0.1, 0.15) is 39.2 Å². The summed E-state index contributed by atoms with van der Waals surface area (Å²) < 4.78 is 5.39. The van der Waals surface area contributed by atoms with E-state index in [4.69, 9.17) is 4.74 Å². The van der Waals surface area contributed by atoms with Crippen LogP contribution in [0.25, 0.3) is 0 Å². The van der Waals surface area contributed by atoms with Gasteiger partial charge in [-0.05, 0) is 57.6 Å². The summed E-state index contributed by atoms with van der Waals surface area (Å²) in [5.41, 5.74) is 0.674. The number of rotatable bonds is 9. The van der Waals surface area contributed by atoms with E-state index >= 15 is 0 Å². The molecular weight excluding hydrogens is 348 g/mol. The van der Waals surface area contributed by atoms with Crippen molar-refractivity contribution in [2.24, 2.45) is 0 Å². The van der Waals surface area contributed by atoms with Crippen LogP contribution in [0.5, 0.6) is 0 Å². The molecule has 2 amide bonds. The summed E-state index contributed by atoms with van der Waals surface area (Å²) >= 11 is 1.66. The van der Waals surface area contributed by atoms with Crippen LogP contribution in [0, 0.1) is 0 Å². The van der Waals surface area contributed by atoms with Gasteiger partial charge in [0.2, 0.25) is 5.91 Å². The van der Waals surface area contributed by atoms with Crippen molar-refractivity contribution in [1.82, 2.24) is 10.2 Å². The van der Waals surface area contributed by atoms with Crippen LogP contribution < -0.4 is 5.32 Å². The molecule has 146 valence electrons. The van der Waals surface area contributed by atoms with Crippen LogP contribution in [0.3, 0.4) is 0 Å². The van der Waals surface area contributed by atoms with E-state index in [9.17, 15) is 9.59 Å². The number of hydrogen-bond donors (Lipinski definition) is 1. The van der Waals surface area contributed by atoms with E-state index in [0.29, 0.717) is 13.0 Å². The van der Waals surface area contributed by atoms with Crippen molar-refractivity contribution in [2.45, 2.75) is 51.7 Å². The fourth-order valence-corrected chi connectivity index (χ4v) is 2.92. The van der Waals surface area contributed by atoms with Gasteiger partial charge in [0.1, 0.15) is 11.6 Å². The Morgan fingerprint density at radius 2 is 1.88 bits per heavy atom. The molecule has 0 aromatic heterocycles. The highest BCUT2D eigenvalue weighted by atomic mass is 32.2. The van der Waals surface area contributed by atoms with E-state index in [1.165, 1.54) is 10.5 Å². The summed E-state index contributed by atoms with van der Waals surface area (Å²) in [6.45, 7) is 6.05. The summed E-state index contributed by atoms with van der Waals surface area (Å²) in [5.74, 6) is 0.676. The summed E-state index contributed by atoms with van der Waals surface area (Å²) in [6.07, 6.45) is 3.90. The molecule has 0 aliphatic carbocycles. The molecule has 5 nitrogen and oxygen atoms in total. The lowest BCUT2D eigenvalue weighted by atomic mass is 10.1. The average molecular weight is 381 g/mol. The van der Waals surface area contributed by atoms with Crippen molar-refractivity contribution < 1.29 is 14.3 Å². The molecule has 1 atom stereocenters. The number of carbonyl (C=O) groups is 2. The second-order valence-corrected chi connectivity index (χ2v) is 8.25. The third-order valence-corrected chi connectivity index (χ3v) is 4.48. The molecule has 0 saturated heterocycles. The normalized spacial score (nSPS) is 12.3. The number of nitrogens with one attached hydrogen (secondary N) is 1. The number of likely N-dealkylation sites (N-methyl/N-ethyl adjacent to an activating group) is 1. The lowest BCUT2D eigenvalue weighted by Crippen LogP contribution is -2.49. The quantitative estimate of drug-likeness (QED) is 0.663. The minimum atomic E-state index is -0.582. The third kappa shape index (κ3) is 8.61. The second-order valence-electron chi connectivity index (χ2n) is 7.27. The molecule has 0 spiro atoms. The van der Waals surface area contributed by atoms with Crippen molar-refractivity contribution in [3.63, 3.8) is 0 Å². The number of aryl methyl sites for hydroxylation is 1. The molecule has 1 N–H and O–H groups in total. The predicted molar refractivity (Wildman–Crippen MR) is 109 cm³/mol. The van der Waals surface area contributed by atoms with Crippen molar-refractivity contribution in [3.8, 4) is 0 Å². The van der Waals surface area contributed by atoms with Gasteiger partial charge in [-0.3, -0.25) is 9.69 Å². The SMILES string of the molecule is CSCC[C@H](C(=O)NCCCc1ccccc1)N(C)C(=O)OC(C)(C)C. The highest BCUT2D eigenvalue weighted by Crippen LogP contribution is 2.14. The summed E-state index contributed by atoms with van der Waals surface area (Å²) in [5, 5.41) is 2.96. The smallest absolute Gasteiger partial charge is 0.410 e. The van der Waals surface area contributed by atoms with Crippen LogP contribution in [0.4, 0.5) is 4.79 Å². The number of thioether (sulfide) groups is 1. The molecule has 0 saturated carbocycles. The number of amides is 2. The van der Waals surface area contributed by atoms with Gasteiger partial charge in [0, 0.05) is 13.6 Å². The Morgan fingerprint density at radius 1 is 1.23 bits per heavy atom. The topological polar surface area (TPSA) is 58.6 Å². The number of carbonyl (C=O) groups excluding carboxylic acids is 2. The Kier molecular flexibility index (Phi) is 9.55. The zero-order chi connectivity index (χ0) is 19.6. The molecule has 0 aliphatic heterocycles. The molecule has 26 heavy (non-hydrogen) atoms. The van der Waals surface area contributed by atoms with Gasteiger partial charge >= 0.3 is 6.09 Å². The Morgan fingerprint density at radius 3 is 2.46 bits per heavy atom. The first kappa shape index (κ1) is 22.4. The van der Waals surface area contributed by atoms with E-state index in [1.54, 1.807) is 18.8 Å². The van der Waals surface area contributed by atoms with Crippen molar-refractivity contribution in [1.29, 1.82) is 0 Å². The van der Waals surface area contributed by atoms with Gasteiger partial charge in [0.15, 0.2) is 0 Å². The lowest BCUT2D eigenvalue weighted by molar-refractivity contribution is -0.126. The first-order valence-corrected chi connectivity index (χ1v) is 10.4. The van der Waals surface area contributed by atoms with Crippen LogP contribution in [0.2, 0.25) is 0 Å². The molecule has 0 fully saturated rings. The maximum atomic E-state index is 12.6. The van der Waals surface area contributed by atoms with Crippen LogP contribution in [-0.2, 0) is 16.0 Å². The van der Waals surface area contributed by atoms with Gasteiger partial charge in [-0.25, -0.2) is 4.79 Å². The largest absolute Gasteiger partial charge is 0.444 e. The van der Waals surface area contributed by atoms with Crippen LogP contribution in [0.15, 0.2) is 30.3 Å². The summed E-state index contributed by atoms with van der Waals surface area (Å²) in [7, 11) is 1.63. The van der Waals surface area contributed by atoms with Gasteiger partial charge in [-0.2, -0.15) is 11.8 Å². The van der Waals surface area contributed by atoms with E-state index in [-0.39, 0.29) is 5.91 Å². The summed E-state index contributed by atoms with van der Waals surface area (Å²) in [4.78, 5) is 26.3. The zero-order valence-corrected chi connectivity index (χ0v) is 17.4. The molecule has 0 heterocycles. The number of ether oxygens (including phenoxy) is 1. The number of nitrogens with zero attached hydrogens (tertiary/aromatic N) is 1. The highest BCUT2D eigenvalue weighted by Gasteiger charge is 2.29. The Bertz CT molecular complexity index is 558. The van der Waals surface area contributed by atoms with Gasteiger partial charge in [-0.1, -0.05) is 30.3 Å². The van der Waals surface area contributed by atoms with E-state index < -0.39 is 17.7 Å². The molecular formula is C20H32N2O3S. The Hall–Kier alpha value is -1.69. The molecule has 0 unspecified atom stereocenters. The van der Waals surface area contributed by atoms with Crippen molar-refractivity contribution >= 4 is 23.8 Å². The van der Waals surface area contributed by atoms with Crippen LogP contribution in [-0.4, -0.2) is 54.1 Å². The van der Waals surface area contributed by atoms with Gasteiger partial charge in [0.05, 0.1) is 0 Å². The minimum absolute atomic E-state index is 0.125. The van der Waals surface area contributed by atoms with Gasteiger partial charge < -0.3 is 10.1 Å². The van der Waals surface area contributed by atoms with Gasteiger partial charge in [-0.15, -0.1) is 0 Å². The number of hydrogen-bond acceptors (Lipinski definition) is 4. The summed E-state index contributed by atoms with van der Waals surface area (Å²) in [6, 6.07) is 9.67. The molecule has 0 aliphatic rings. The highest BCUT2D eigenvalue weighted by molar-refractivity contribution is 7.98. The Labute approximate surface area is 161 Å². The molecule has 1 aromatic rings. The monoisotopic (exact) mass is 380 g/mol. The third-order valence-electron chi connectivity index (χ3n) is 3.83. The van der Waals surface area contributed by atoms with Crippen molar-refractivity contribution in [3.05, 3.63) is 35.9 Å². The first-order chi connectivity index (χ1) is 12.2. The molecule has 6 heteroatoms. The van der Waals surface area contributed by atoms with Crippen LogP contribution >= 0.6 is 11.8 Å². The number of benzene rings is 1. The average Bonchev–Trinajstić information content (AvgIpc) is 2.58. The second kappa shape index (κ2) is 11.1. The fraction of sp³-hybridized carbons (Fsp3) is 0.600. The van der Waals surface area contributed by atoms with Crippen molar-refractivity contribution in [2.75, 3.05) is 25.6 Å². The van der Waals surface area contributed by atoms with E-state index in [1.807, 2.05) is 45.2 Å².